The van der Waals surface area contributed by atoms with Gasteiger partial charge >= 0.3 is 0 Å². The van der Waals surface area contributed by atoms with Gasteiger partial charge in [0, 0.05) is 19.4 Å². The van der Waals surface area contributed by atoms with Gasteiger partial charge in [-0.3, -0.25) is 4.79 Å². The Morgan fingerprint density at radius 1 is 1.46 bits per heavy atom. The summed E-state index contributed by atoms with van der Waals surface area (Å²) in [4.78, 5) is 11.1. The van der Waals surface area contributed by atoms with Crippen LogP contribution in [0.4, 0.5) is 0 Å². The van der Waals surface area contributed by atoms with Crippen LogP contribution in [-0.4, -0.2) is 26.0 Å². The van der Waals surface area contributed by atoms with Crippen LogP contribution in [0.15, 0.2) is 6.33 Å². The van der Waals surface area contributed by atoms with Crippen LogP contribution in [0.1, 0.15) is 32.6 Å². The van der Waals surface area contributed by atoms with Crippen molar-refractivity contribution in [3.05, 3.63) is 6.33 Å². The zero-order chi connectivity index (χ0) is 9.52. The molecule has 0 amide bonds. The minimum absolute atomic E-state index is 0.329. The van der Waals surface area contributed by atoms with Gasteiger partial charge in [-0.1, -0.05) is 6.92 Å². The van der Waals surface area contributed by atoms with Crippen LogP contribution in [0, 0.1) is 0 Å². The molecule has 5 nitrogen and oxygen atoms in total. The molecule has 5 heteroatoms. The molecule has 0 aliphatic rings. The number of tetrazole rings is 1. The summed E-state index contributed by atoms with van der Waals surface area (Å²) in [6, 6.07) is 0. The normalized spacial score (nSPS) is 10.2. The molecular weight excluding hydrogens is 168 g/mol. The molecule has 0 aromatic carbocycles. The number of carbonyl (C=O) groups excluding carboxylic acids is 1. The Kier molecular flexibility index (Phi) is 4.08. The number of rotatable bonds is 6. The quantitative estimate of drug-likeness (QED) is 0.653. The highest BCUT2D eigenvalue weighted by Crippen LogP contribution is 1.99. The van der Waals surface area contributed by atoms with Crippen molar-refractivity contribution in [1.29, 1.82) is 0 Å². The minimum atomic E-state index is 0.329. The van der Waals surface area contributed by atoms with Gasteiger partial charge in [0.15, 0.2) is 0 Å². The number of Topliss-reactive ketones (excluding diaryl/α,β-unsaturated/α-hetero) is 1. The smallest absolute Gasteiger partial charge is 0.138 e. The predicted molar refractivity (Wildman–Crippen MR) is 47.0 cm³/mol. The van der Waals surface area contributed by atoms with Gasteiger partial charge < -0.3 is 0 Å². The van der Waals surface area contributed by atoms with Crippen LogP contribution >= 0.6 is 0 Å². The van der Waals surface area contributed by atoms with Crippen LogP contribution in [0.3, 0.4) is 0 Å². The van der Waals surface area contributed by atoms with E-state index in [1.54, 1.807) is 11.0 Å². The topological polar surface area (TPSA) is 60.7 Å². The van der Waals surface area contributed by atoms with Gasteiger partial charge in [0.1, 0.15) is 12.1 Å². The summed E-state index contributed by atoms with van der Waals surface area (Å²) in [7, 11) is 0. The molecule has 0 saturated carbocycles. The van der Waals surface area contributed by atoms with Gasteiger partial charge in [-0.05, 0) is 23.3 Å². The first kappa shape index (κ1) is 9.83. The Hall–Kier alpha value is -1.26. The molecule has 0 spiro atoms. The standard InChI is InChI=1S/C8H14N4O/c1-2-4-8(13)5-3-6-12-7-9-10-11-12/h7H,2-6H2,1H3. The molecule has 1 aromatic rings. The Morgan fingerprint density at radius 2 is 2.31 bits per heavy atom. The van der Waals surface area contributed by atoms with Crippen LogP contribution in [0.25, 0.3) is 0 Å². The maximum absolute atomic E-state index is 11.1. The molecule has 1 heterocycles. The second-order valence-electron chi connectivity index (χ2n) is 2.97. The van der Waals surface area contributed by atoms with Crippen molar-refractivity contribution >= 4 is 5.78 Å². The molecule has 0 unspecified atom stereocenters. The van der Waals surface area contributed by atoms with Crippen LogP contribution in [0.2, 0.25) is 0 Å². The van der Waals surface area contributed by atoms with E-state index in [1.165, 1.54) is 0 Å². The lowest BCUT2D eigenvalue weighted by atomic mass is 10.1. The fourth-order valence-electron chi connectivity index (χ4n) is 1.12. The molecule has 0 fully saturated rings. The fourth-order valence-corrected chi connectivity index (χ4v) is 1.12. The van der Waals surface area contributed by atoms with Crippen molar-refractivity contribution in [3.63, 3.8) is 0 Å². The Balaban J connectivity index is 2.11. The number of nitrogens with zero attached hydrogens (tertiary/aromatic N) is 4. The Labute approximate surface area is 77.1 Å². The van der Waals surface area contributed by atoms with E-state index in [0.29, 0.717) is 18.6 Å². The van der Waals surface area contributed by atoms with Crippen molar-refractivity contribution in [2.75, 3.05) is 0 Å². The van der Waals surface area contributed by atoms with E-state index in [0.717, 1.165) is 19.4 Å². The molecule has 0 atom stereocenters. The average molecular weight is 182 g/mol. The molecule has 72 valence electrons. The lowest BCUT2D eigenvalue weighted by Crippen LogP contribution is -2.03. The highest BCUT2D eigenvalue weighted by Gasteiger charge is 2.00. The van der Waals surface area contributed by atoms with Crippen LogP contribution in [-0.2, 0) is 11.3 Å². The summed E-state index contributed by atoms with van der Waals surface area (Å²) in [6.07, 6.45) is 4.64. The van der Waals surface area contributed by atoms with E-state index >= 15 is 0 Å². The molecule has 1 rings (SSSR count). The molecule has 13 heavy (non-hydrogen) atoms. The monoisotopic (exact) mass is 182 g/mol. The van der Waals surface area contributed by atoms with E-state index in [9.17, 15) is 4.79 Å². The lowest BCUT2D eigenvalue weighted by molar-refractivity contribution is -0.119. The lowest BCUT2D eigenvalue weighted by Gasteiger charge is -1.98. The third-order valence-corrected chi connectivity index (χ3v) is 1.76. The molecule has 0 aliphatic heterocycles. The van der Waals surface area contributed by atoms with Gasteiger partial charge in [0.05, 0.1) is 0 Å². The van der Waals surface area contributed by atoms with E-state index in [2.05, 4.69) is 15.5 Å². The average Bonchev–Trinajstić information content (AvgIpc) is 2.57. The van der Waals surface area contributed by atoms with Crippen LogP contribution in [0.5, 0.6) is 0 Å². The van der Waals surface area contributed by atoms with Crippen molar-refractivity contribution < 1.29 is 4.79 Å². The maximum atomic E-state index is 11.1. The second kappa shape index (κ2) is 5.40. The molecule has 0 aliphatic carbocycles. The Bertz CT molecular complexity index is 245. The summed E-state index contributed by atoms with van der Waals surface area (Å²) in [5.41, 5.74) is 0. The summed E-state index contributed by atoms with van der Waals surface area (Å²) in [6.45, 7) is 2.74. The number of hydrogen-bond acceptors (Lipinski definition) is 4. The van der Waals surface area contributed by atoms with Gasteiger partial charge in [0.2, 0.25) is 0 Å². The SMILES string of the molecule is CCCC(=O)CCCn1cnnn1. The van der Waals surface area contributed by atoms with Crippen molar-refractivity contribution in [1.82, 2.24) is 20.2 Å². The first-order chi connectivity index (χ1) is 6.33. The molecule has 1 aromatic heterocycles. The van der Waals surface area contributed by atoms with Gasteiger partial charge in [-0.15, -0.1) is 5.10 Å². The van der Waals surface area contributed by atoms with Crippen molar-refractivity contribution in [3.8, 4) is 0 Å². The molecular formula is C8H14N4O. The number of ketones is 1. The third-order valence-electron chi connectivity index (χ3n) is 1.76. The van der Waals surface area contributed by atoms with Crippen LogP contribution < -0.4 is 0 Å². The number of carbonyl (C=O) groups is 1. The Morgan fingerprint density at radius 3 is 2.92 bits per heavy atom. The van der Waals surface area contributed by atoms with Crippen molar-refractivity contribution in [2.45, 2.75) is 39.2 Å². The molecule has 0 N–H and O–H groups in total. The second-order valence-corrected chi connectivity index (χ2v) is 2.97. The largest absolute Gasteiger partial charge is 0.300 e. The number of hydrogen-bond donors (Lipinski definition) is 0. The summed E-state index contributed by atoms with van der Waals surface area (Å²) >= 11 is 0. The number of aryl methyl sites for hydroxylation is 1. The number of aromatic nitrogens is 4. The van der Waals surface area contributed by atoms with Gasteiger partial charge in [0.25, 0.3) is 0 Å². The zero-order valence-corrected chi connectivity index (χ0v) is 7.81. The third kappa shape index (κ3) is 3.78. The summed E-state index contributed by atoms with van der Waals surface area (Å²) < 4.78 is 1.64. The first-order valence-electron chi connectivity index (χ1n) is 4.55. The van der Waals surface area contributed by atoms with E-state index < -0.39 is 0 Å². The molecule has 0 saturated heterocycles. The summed E-state index contributed by atoms with van der Waals surface area (Å²) in [5, 5.41) is 10.7. The zero-order valence-electron chi connectivity index (χ0n) is 7.81. The van der Waals surface area contributed by atoms with E-state index in [1.807, 2.05) is 6.92 Å². The predicted octanol–water partition coefficient (Wildman–Crippen LogP) is 0.822. The fraction of sp³-hybridized carbons (Fsp3) is 0.750. The highest BCUT2D eigenvalue weighted by atomic mass is 16.1. The highest BCUT2D eigenvalue weighted by molar-refractivity contribution is 5.78. The molecule has 0 bridgehead atoms. The maximum Gasteiger partial charge on any atom is 0.138 e. The van der Waals surface area contributed by atoms with Gasteiger partial charge in [-0.25, -0.2) is 4.68 Å². The van der Waals surface area contributed by atoms with E-state index in [4.69, 9.17) is 0 Å². The minimum Gasteiger partial charge on any atom is -0.300 e. The molecule has 0 radical (unpaired) electrons. The van der Waals surface area contributed by atoms with Gasteiger partial charge in [-0.2, -0.15) is 0 Å². The van der Waals surface area contributed by atoms with Crippen molar-refractivity contribution in [2.24, 2.45) is 0 Å². The van der Waals surface area contributed by atoms with E-state index in [-0.39, 0.29) is 0 Å². The first-order valence-corrected chi connectivity index (χ1v) is 4.55. The summed E-state index contributed by atoms with van der Waals surface area (Å²) in [5.74, 6) is 0.329.